The molecule has 152 valence electrons. The molecule has 1 aliphatic carbocycles. The fourth-order valence-electron chi connectivity index (χ4n) is 3.95. The van der Waals surface area contributed by atoms with Gasteiger partial charge in [-0.05, 0) is 62.4 Å². The van der Waals surface area contributed by atoms with E-state index in [1.165, 1.54) is 16.9 Å². The molecule has 2 heterocycles. The predicted octanol–water partition coefficient (Wildman–Crippen LogP) is 5.58. The van der Waals surface area contributed by atoms with Crippen molar-refractivity contribution in [2.75, 3.05) is 5.32 Å². The highest BCUT2D eigenvalue weighted by Gasteiger charge is 2.26. The van der Waals surface area contributed by atoms with Gasteiger partial charge in [0.2, 0.25) is 0 Å². The molecule has 0 fully saturated rings. The normalized spacial score (nSPS) is 14.3. The first-order valence-electron chi connectivity index (χ1n) is 10.3. The van der Waals surface area contributed by atoms with Crippen molar-refractivity contribution in [3.05, 3.63) is 65.0 Å². The van der Waals surface area contributed by atoms with Crippen LogP contribution in [0.4, 0.5) is 5.00 Å². The Morgan fingerprint density at radius 1 is 1.10 bits per heavy atom. The fourth-order valence-corrected chi connectivity index (χ4v) is 5.24. The Morgan fingerprint density at radius 3 is 2.70 bits per heavy atom. The number of carbonyl (C=O) groups is 1. The number of aromatic amines is 1. The second-order valence-electron chi connectivity index (χ2n) is 7.58. The zero-order chi connectivity index (χ0) is 20.5. The van der Waals surface area contributed by atoms with Gasteiger partial charge < -0.3 is 15.0 Å². The van der Waals surface area contributed by atoms with E-state index in [2.05, 4.69) is 10.3 Å². The summed E-state index contributed by atoms with van der Waals surface area (Å²) in [5, 5.41) is 3.98. The third kappa shape index (κ3) is 3.59. The van der Waals surface area contributed by atoms with Crippen molar-refractivity contribution in [1.82, 2.24) is 9.97 Å². The van der Waals surface area contributed by atoms with Crippen LogP contribution in [0.1, 0.15) is 30.2 Å². The minimum atomic E-state index is -0.602. The highest BCUT2D eigenvalue weighted by Crippen LogP contribution is 2.43. The van der Waals surface area contributed by atoms with E-state index in [4.69, 9.17) is 9.72 Å². The number of thiophene rings is 1. The van der Waals surface area contributed by atoms with E-state index in [0.717, 1.165) is 46.7 Å². The average Bonchev–Trinajstić information content (AvgIpc) is 3.34. The number of amides is 1. The third-order valence-electron chi connectivity index (χ3n) is 5.46. The number of imidazole rings is 1. The molecule has 30 heavy (non-hydrogen) atoms. The number of fused-ring (bicyclic) bond motifs is 2. The zero-order valence-corrected chi connectivity index (χ0v) is 17.6. The number of aromatic nitrogens is 2. The monoisotopic (exact) mass is 417 g/mol. The van der Waals surface area contributed by atoms with Crippen LogP contribution in [0.3, 0.4) is 0 Å². The highest BCUT2D eigenvalue weighted by atomic mass is 32.1. The summed E-state index contributed by atoms with van der Waals surface area (Å²) >= 11 is 1.67. The number of nitrogens with one attached hydrogen (secondary N) is 2. The number of nitrogens with zero attached hydrogens (tertiary/aromatic N) is 1. The minimum Gasteiger partial charge on any atom is -0.481 e. The number of aryl methyl sites for hydroxylation is 1. The summed E-state index contributed by atoms with van der Waals surface area (Å²) in [5.74, 6) is 1.35. The minimum absolute atomic E-state index is 0.158. The van der Waals surface area contributed by atoms with Gasteiger partial charge in [-0.3, -0.25) is 4.79 Å². The van der Waals surface area contributed by atoms with Gasteiger partial charge >= 0.3 is 0 Å². The lowest BCUT2D eigenvalue weighted by Gasteiger charge is -2.15. The van der Waals surface area contributed by atoms with E-state index in [1.54, 1.807) is 18.3 Å². The van der Waals surface area contributed by atoms with E-state index >= 15 is 0 Å². The number of hydrogen-bond donors (Lipinski definition) is 2. The van der Waals surface area contributed by atoms with Crippen LogP contribution in [0.5, 0.6) is 5.75 Å². The zero-order valence-electron chi connectivity index (χ0n) is 16.8. The number of hydrogen-bond acceptors (Lipinski definition) is 4. The van der Waals surface area contributed by atoms with Gasteiger partial charge in [0.1, 0.15) is 16.6 Å². The van der Waals surface area contributed by atoms with Gasteiger partial charge in [0.15, 0.2) is 6.10 Å². The van der Waals surface area contributed by atoms with Gasteiger partial charge in [-0.1, -0.05) is 30.3 Å². The molecule has 1 amide bonds. The van der Waals surface area contributed by atoms with E-state index in [-0.39, 0.29) is 5.91 Å². The SMILES string of the molecule is CC(Oc1ccccc1)C(=O)Nc1sc2c(c1-c1nc3ccccc3[nH]1)CCCC2. The smallest absolute Gasteiger partial charge is 0.265 e. The molecular weight excluding hydrogens is 394 g/mol. The first kappa shape index (κ1) is 18.9. The van der Waals surface area contributed by atoms with Crippen LogP contribution in [-0.4, -0.2) is 22.0 Å². The first-order valence-corrected chi connectivity index (χ1v) is 11.1. The maximum atomic E-state index is 12.9. The summed E-state index contributed by atoms with van der Waals surface area (Å²) in [6, 6.07) is 17.4. The Balaban J connectivity index is 1.47. The van der Waals surface area contributed by atoms with Crippen molar-refractivity contribution in [2.24, 2.45) is 0 Å². The van der Waals surface area contributed by atoms with Crippen molar-refractivity contribution in [2.45, 2.75) is 38.7 Å². The lowest BCUT2D eigenvalue weighted by atomic mass is 9.95. The van der Waals surface area contributed by atoms with Crippen LogP contribution < -0.4 is 10.1 Å². The molecule has 1 aliphatic rings. The molecule has 0 saturated heterocycles. The molecule has 0 spiro atoms. The van der Waals surface area contributed by atoms with Crippen molar-refractivity contribution >= 4 is 33.3 Å². The van der Waals surface area contributed by atoms with Crippen molar-refractivity contribution in [3.8, 4) is 17.1 Å². The van der Waals surface area contributed by atoms with Crippen molar-refractivity contribution < 1.29 is 9.53 Å². The number of carbonyl (C=O) groups excluding carboxylic acids is 1. The second-order valence-corrected chi connectivity index (χ2v) is 8.69. The number of ether oxygens (including phenoxy) is 1. The predicted molar refractivity (Wildman–Crippen MR) is 121 cm³/mol. The molecule has 0 bridgehead atoms. The topological polar surface area (TPSA) is 67.0 Å². The number of benzene rings is 2. The van der Waals surface area contributed by atoms with Gasteiger partial charge in [0.25, 0.3) is 5.91 Å². The maximum Gasteiger partial charge on any atom is 0.265 e. The maximum absolute atomic E-state index is 12.9. The van der Waals surface area contributed by atoms with Crippen LogP contribution in [0.2, 0.25) is 0 Å². The average molecular weight is 418 g/mol. The van der Waals surface area contributed by atoms with Gasteiger partial charge in [-0.2, -0.15) is 0 Å². The largest absolute Gasteiger partial charge is 0.481 e. The third-order valence-corrected chi connectivity index (χ3v) is 6.67. The number of rotatable bonds is 5. The highest BCUT2D eigenvalue weighted by molar-refractivity contribution is 7.17. The molecule has 1 atom stereocenters. The number of para-hydroxylation sites is 3. The molecule has 2 N–H and O–H groups in total. The Kier molecular flexibility index (Phi) is 5.01. The molecule has 0 saturated carbocycles. The van der Waals surface area contributed by atoms with Gasteiger partial charge in [0, 0.05) is 4.88 Å². The summed E-state index contributed by atoms with van der Waals surface area (Å²) < 4.78 is 5.81. The Hall–Kier alpha value is -3.12. The lowest BCUT2D eigenvalue weighted by molar-refractivity contribution is -0.122. The van der Waals surface area contributed by atoms with Gasteiger partial charge in [-0.15, -0.1) is 11.3 Å². The Labute approximate surface area is 179 Å². The summed E-state index contributed by atoms with van der Waals surface area (Å²) in [7, 11) is 0. The van der Waals surface area contributed by atoms with Crippen molar-refractivity contribution in [3.63, 3.8) is 0 Å². The molecule has 2 aromatic heterocycles. The second kappa shape index (κ2) is 7.95. The van der Waals surface area contributed by atoms with Gasteiger partial charge in [-0.25, -0.2) is 4.98 Å². The molecule has 0 aliphatic heterocycles. The Morgan fingerprint density at radius 2 is 1.87 bits per heavy atom. The van der Waals surface area contributed by atoms with Crippen LogP contribution in [-0.2, 0) is 17.6 Å². The quantitative estimate of drug-likeness (QED) is 0.446. The van der Waals surface area contributed by atoms with E-state index in [0.29, 0.717) is 5.75 Å². The van der Waals surface area contributed by atoms with E-state index in [1.807, 2.05) is 54.6 Å². The lowest BCUT2D eigenvalue weighted by Crippen LogP contribution is -2.30. The molecular formula is C24H23N3O2S. The molecule has 5 nitrogen and oxygen atoms in total. The summed E-state index contributed by atoms with van der Waals surface area (Å²) in [6.07, 6.45) is 3.82. The molecule has 1 unspecified atom stereocenters. The van der Waals surface area contributed by atoms with Crippen molar-refractivity contribution in [1.29, 1.82) is 0 Å². The fraction of sp³-hybridized carbons (Fsp3) is 0.250. The standard InChI is InChI=1S/C24H23N3O2S/c1-15(29-16-9-3-2-4-10-16)23(28)27-24-21(17-11-5-8-14-20(17)30-24)22-25-18-12-6-7-13-19(18)26-22/h2-4,6-7,9-10,12-13,15H,5,8,11,14H2,1H3,(H,25,26)(H,27,28). The van der Waals surface area contributed by atoms with Crippen LogP contribution in [0, 0.1) is 0 Å². The molecule has 6 heteroatoms. The first-order chi connectivity index (χ1) is 14.7. The Bertz CT molecular complexity index is 1160. The van der Waals surface area contributed by atoms with Gasteiger partial charge in [0.05, 0.1) is 16.6 Å². The molecule has 4 aromatic rings. The van der Waals surface area contributed by atoms with E-state index < -0.39 is 6.10 Å². The van der Waals surface area contributed by atoms with Crippen LogP contribution >= 0.6 is 11.3 Å². The molecule has 2 aromatic carbocycles. The molecule has 0 radical (unpaired) electrons. The summed E-state index contributed by atoms with van der Waals surface area (Å²) in [5.41, 5.74) is 4.28. The summed E-state index contributed by atoms with van der Waals surface area (Å²) in [4.78, 5) is 22.5. The number of anilines is 1. The van der Waals surface area contributed by atoms with Crippen LogP contribution in [0.15, 0.2) is 54.6 Å². The molecule has 5 rings (SSSR count). The number of H-pyrrole nitrogens is 1. The van der Waals surface area contributed by atoms with E-state index in [9.17, 15) is 4.79 Å². The van der Waals surface area contributed by atoms with Crippen LogP contribution in [0.25, 0.3) is 22.4 Å². The summed E-state index contributed by atoms with van der Waals surface area (Å²) in [6.45, 7) is 1.77.